The van der Waals surface area contributed by atoms with Crippen molar-refractivity contribution in [1.29, 1.82) is 0 Å². The summed E-state index contributed by atoms with van der Waals surface area (Å²) in [7, 11) is 0. The molecule has 0 aliphatic heterocycles. The second-order valence-corrected chi connectivity index (χ2v) is 8.34. The van der Waals surface area contributed by atoms with Gasteiger partial charge in [0.05, 0.1) is 5.39 Å². The summed E-state index contributed by atoms with van der Waals surface area (Å²) in [6.07, 6.45) is 8.55. The van der Waals surface area contributed by atoms with Crippen LogP contribution in [0.25, 0.3) is 10.2 Å². The number of aryl methyl sites for hydroxylation is 2. The van der Waals surface area contributed by atoms with Gasteiger partial charge in [0.15, 0.2) is 0 Å². The van der Waals surface area contributed by atoms with Crippen molar-refractivity contribution in [2.24, 2.45) is 0 Å². The van der Waals surface area contributed by atoms with Crippen molar-refractivity contribution in [2.45, 2.75) is 50.9 Å². The fourth-order valence-electron chi connectivity index (χ4n) is 3.80. The lowest BCUT2D eigenvalue weighted by molar-refractivity contribution is 0.700. The first-order valence-electron chi connectivity index (χ1n) is 9.48. The van der Waals surface area contributed by atoms with E-state index >= 15 is 0 Å². The van der Waals surface area contributed by atoms with Crippen molar-refractivity contribution in [3.8, 4) is 0 Å². The predicted octanol–water partition coefficient (Wildman–Crippen LogP) is 5.10. The number of hydrogen-bond donors (Lipinski definition) is 1. The van der Waals surface area contributed by atoms with Gasteiger partial charge in [-0.15, -0.1) is 11.3 Å². The third-order valence-corrected chi connectivity index (χ3v) is 6.51. The minimum Gasteiger partial charge on any atom is -0.369 e. The van der Waals surface area contributed by atoms with Gasteiger partial charge in [0.25, 0.3) is 0 Å². The Morgan fingerprint density at radius 2 is 1.88 bits per heavy atom. The second kappa shape index (κ2) is 6.41. The van der Waals surface area contributed by atoms with E-state index in [4.69, 9.17) is 9.97 Å². The maximum atomic E-state index is 4.96. The molecular formula is C21H23N3S. The quantitative estimate of drug-likeness (QED) is 0.696. The van der Waals surface area contributed by atoms with Crippen LogP contribution >= 0.6 is 11.3 Å². The Hall–Kier alpha value is -1.94. The van der Waals surface area contributed by atoms with Crippen LogP contribution in [0.4, 0.5) is 5.82 Å². The fourth-order valence-corrected chi connectivity index (χ4v) is 5.06. The lowest BCUT2D eigenvalue weighted by Crippen LogP contribution is -2.09. The molecule has 2 aliphatic carbocycles. The maximum absolute atomic E-state index is 4.96. The van der Waals surface area contributed by atoms with Crippen molar-refractivity contribution >= 4 is 27.4 Å². The van der Waals surface area contributed by atoms with Crippen molar-refractivity contribution < 1.29 is 0 Å². The van der Waals surface area contributed by atoms with E-state index < -0.39 is 0 Å². The van der Waals surface area contributed by atoms with Crippen LogP contribution < -0.4 is 5.32 Å². The predicted molar refractivity (Wildman–Crippen MR) is 105 cm³/mol. The molecule has 3 aromatic rings. The van der Waals surface area contributed by atoms with E-state index in [1.807, 2.05) is 11.3 Å². The molecule has 3 nitrogen and oxygen atoms in total. The van der Waals surface area contributed by atoms with Crippen LogP contribution in [0.5, 0.6) is 0 Å². The SMILES string of the molecule is c1ccc(CCNc2nc(C3CC3)nc3sc4c(c23)CCCC4)cc1. The number of benzene rings is 1. The number of nitrogens with zero attached hydrogens (tertiary/aromatic N) is 2. The van der Waals surface area contributed by atoms with Crippen molar-refractivity contribution in [3.05, 3.63) is 52.2 Å². The third-order valence-electron chi connectivity index (χ3n) is 5.32. The first-order chi connectivity index (χ1) is 12.4. The molecule has 0 bridgehead atoms. The van der Waals surface area contributed by atoms with Crippen LogP contribution in [0.2, 0.25) is 0 Å². The lowest BCUT2D eigenvalue weighted by atomic mass is 9.97. The standard InChI is InChI=1S/C21H23N3S/c1-2-6-14(7-3-1)12-13-22-20-18-16-8-4-5-9-17(16)25-21(18)24-19(23-20)15-10-11-15/h1-3,6-7,15H,4-5,8-13H2,(H,22,23,24). The molecule has 0 amide bonds. The molecule has 0 radical (unpaired) electrons. The Balaban J connectivity index is 1.47. The number of fused-ring (bicyclic) bond motifs is 3. The van der Waals surface area contributed by atoms with Crippen molar-refractivity contribution in [2.75, 3.05) is 11.9 Å². The molecule has 0 spiro atoms. The molecular weight excluding hydrogens is 326 g/mol. The molecule has 1 fully saturated rings. The van der Waals surface area contributed by atoms with Gasteiger partial charge in [-0.2, -0.15) is 0 Å². The van der Waals surface area contributed by atoms with Gasteiger partial charge in [0.2, 0.25) is 0 Å². The van der Waals surface area contributed by atoms with E-state index in [9.17, 15) is 0 Å². The summed E-state index contributed by atoms with van der Waals surface area (Å²) in [5, 5.41) is 4.97. The first kappa shape index (κ1) is 15.3. The van der Waals surface area contributed by atoms with Crippen LogP contribution in [0.3, 0.4) is 0 Å². The highest BCUT2D eigenvalue weighted by atomic mass is 32.1. The van der Waals surface area contributed by atoms with Gasteiger partial charge >= 0.3 is 0 Å². The van der Waals surface area contributed by atoms with Gasteiger partial charge in [-0.05, 0) is 56.1 Å². The number of hydrogen-bond acceptors (Lipinski definition) is 4. The zero-order chi connectivity index (χ0) is 16.6. The van der Waals surface area contributed by atoms with Crippen LogP contribution in [0, 0.1) is 0 Å². The Morgan fingerprint density at radius 3 is 2.72 bits per heavy atom. The molecule has 2 heterocycles. The van der Waals surface area contributed by atoms with Crippen molar-refractivity contribution in [1.82, 2.24) is 9.97 Å². The summed E-state index contributed by atoms with van der Waals surface area (Å²) < 4.78 is 0. The summed E-state index contributed by atoms with van der Waals surface area (Å²) >= 11 is 1.91. The highest BCUT2D eigenvalue weighted by Gasteiger charge is 2.29. The molecule has 25 heavy (non-hydrogen) atoms. The number of rotatable bonds is 5. The highest BCUT2D eigenvalue weighted by molar-refractivity contribution is 7.19. The normalized spacial score (nSPS) is 16.8. The Labute approximate surface area is 152 Å². The summed E-state index contributed by atoms with van der Waals surface area (Å²) in [6.45, 7) is 0.921. The molecule has 0 saturated heterocycles. The summed E-state index contributed by atoms with van der Waals surface area (Å²) in [6, 6.07) is 10.7. The molecule has 0 unspecified atom stereocenters. The summed E-state index contributed by atoms with van der Waals surface area (Å²) in [5.74, 6) is 2.74. The first-order valence-corrected chi connectivity index (χ1v) is 10.3. The van der Waals surface area contributed by atoms with Gasteiger partial charge in [0.1, 0.15) is 16.5 Å². The Kier molecular flexibility index (Phi) is 3.93. The van der Waals surface area contributed by atoms with Gasteiger partial charge in [-0.1, -0.05) is 30.3 Å². The van der Waals surface area contributed by atoms with Gasteiger partial charge in [-0.3, -0.25) is 0 Å². The Morgan fingerprint density at radius 1 is 1.04 bits per heavy atom. The van der Waals surface area contributed by atoms with Crippen LogP contribution in [0.15, 0.2) is 30.3 Å². The number of thiophene rings is 1. The number of nitrogens with one attached hydrogen (secondary N) is 1. The fraction of sp³-hybridized carbons (Fsp3) is 0.429. The minimum absolute atomic E-state index is 0.596. The molecule has 128 valence electrons. The molecule has 1 saturated carbocycles. The maximum Gasteiger partial charge on any atom is 0.138 e. The van der Waals surface area contributed by atoms with Gasteiger partial charge < -0.3 is 5.32 Å². The lowest BCUT2D eigenvalue weighted by Gasteiger charge is -2.13. The highest BCUT2D eigenvalue weighted by Crippen LogP contribution is 2.43. The number of anilines is 1. The molecule has 1 N–H and O–H groups in total. The van der Waals surface area contributed by atoms with Crippen LogP contribution in [0.1, 0.15) is 53.4 Å². The third kappa shape index (κ3) is 3.04. The Bertz CT molecular complexity index is 896. The molecule has 1 aromatic carbocycles. The average molecular weight is 350 g/mol. The van der Waals surface area contributed by atoms with E-state index in [1.54, 1.807) is 4.88 Å². The molecule has 4 heteroatoms. The van der Waals surface area contributed by atoms with E-state index in [-0.39, 0.29) is 0 Å². The van der Waals surface area contributed by atoms with E-state index in [1.165, 1.54) is 59.9 Å². The van der Waals surface area contributed by atoms with Gasteiger partial charge in [0, 0.05) is 17.3 Å². The zero-order valence-corrected chi connectivity index (χ0v) is 15.2. The largest absolute Gasteiger partial charge is 0.369 e. The number of aromatic nitrogens is 2. The monoisotopic (exact) mass is 349 g/mol. The average Bonchev–Trinajstić information content (AvgIpc) is 3.43. The summed E-state index contributed by atoms with van der Waals surface area (Å²) in [4.78, 5) is 12.7. The van der Waals surface area contributed by atoms with Crippen molar-refractivity contribution in [3.63, 3.8) is 0 Å². The van der Waals surface area contributed by atoms with Crippen LogP contribution in [-0.4, -0.2) is 16.5 Å². The molecule has 0 atom stereocenters. The minimum atomic E-state index is 0.596. The topological polar surface area (TPSA) is 37.8 Å². The van der Waals surface area contributed by atoms with E-state index in [2.05, 4.69) is 35.6 Å². The smallest absolute Gasteiger partial charge is 0.138 e. The zero-order valence-electron chi connectivity index (χ0n) is 14.4. The van der Waals surface area contributed by atoms with E-state index in [0.29, 0.717) is 5.92 Å². The van der Waals surface area contributed by atoms with Crippen LogP contribution in [-0.2, 0) is 19.3 Å². The second-order valence-electron chi connectivity index (χ2n) is 7.26. The van der Waals surface area contributed by atoms with E-state index in [0.717, 1.165) is 24.6 Å². The molecule has 2 aromatic heterocycles. The molecule has 5 rings (SSSR count). The molecule has 2 aliphatic rings. The van der Waals surface area contributed by atoms with Gasteiger partial charge in [-0.25, -0.2) is 9.97 Å². The summed E-state index contributed by atoms with van der Waals surface area (Å²) in [5.41, 5.74) is 2.89.